The summed E-state index contributed by atoms with van der Waals surface area (Å²) in [7, 11) is -2.04. The highest BCUT2D eigenvalue weighted by molar-refractivity contribution is 6.66. The third-order valence-corrected chi connectivity index (χ3v) is 6.61. The lowest BCUT2D eigenvalue weighted by molar-refractivity contribution is 0.0495. The number of unbranched alkanes of at least 4 members (excludes halogenated alkanes) is 2. The Morgan fingerprint density at radius 2 is 1.71 bits per heavy atom. The lowest BCUT2D eigenvalue weighted by atomic mass is 10.3. The molecule has 2 unspecified atom stereocenters. The fourth-order valence-electron chi connectivity index (χ4n) is 2.04. The Morgan fingerprint density at radius 3 is 2.19 bits per heavy atom. The van der Waals surface area contributed by atoms with Gasteiger partial charge in [0.2, 0.25) is 0 Å². The standard InChI is InChI=1S/C16H34O4Si/c1-5-7-10-19-21(4,20-11-8-6-2)12-9-15(3)17-13-16-14-18-16/h15-16H,5-14H2,1-4H3. The maximum Gasteiger partial charge on any atom is 0.335 e. The van der Waals surface area contributed by atoms with Crippen molar-refractivity contribution in [3.05, 3.63) is 0 Å². The van der Waals surface area contributed by atoms with Gasteiger partial charge < -0.3 is 18.3 Å². The molecule has 0 aromatic rings. The summed E-state index contributed by atoms with van der Waals surface area (Å²) in [6, 6.07) is 1.01. The lowest BCUT2D eigenvalue weighted by Crippen LogP contribution is -2.40. The van der Waals surface area contributed by atoms with Gasteiger partial charge in [0.1, 0.15) is 6.10 Å². The number of rotatable bonds is 14. The van der Waals surface area contributed by atoms with Crippen LogP contribution in [-0.4, -0.2) is 47.2 Å². The van der Waals surface area contributed by atoms with Crippen molar-refractivity contribution in [2.24, 2.45) is 0 Å². The number of hydrogen-bond acceptors (Lipinski definition) is 4. The van der Waals surface area contributed by atoms with E-state index in [4.69, 9.17) is 18.3 Å². The maximum absolute atomic E-state index is 6.14. The lowest BCUT2D eigenvalue weighted by Gasteiger charge is -2.28. The van der Waals surface area contributed by atoms with Crippen molar-refractivity contribution in [2.45, 2.75) is 77.7 Å². The monoisotopic (exact) mass is 318 g/mol. The summed E-state index contributed by atoms with van der Waals surface area (Å²) in [5, 5.41) is 0. The van der Waals surface area contributed by atoms with Crippen LogP contribution in [0.15, 0.2) is 0 Å². The first kappa shape index (κ1) is 19.1. The van der Waals surface area contributed by atoms with Gasteiger partial charge in [-0.1, -0.05) is 26.7 Å². The van der Waals surface area contributed by atoms with Crippen molar-refractivity contribution in [3.63, 3.8) is 0 Å². The van der Waals surface area contributed by atoms with E-state index < -0.39 is 8.56 Å². The van der Waals surface area contributed by atoms with Gasteiger partial charge in [-0.2, -0.15) is 0 Å². The Hall–Kier alpha value is 0.0569. The van der Waals surface area contributed by atoms with E-state index in [9.17, 15) is 0 Å². The van der Waals surface area contributed by atoms with Crippen LogP contribution >= 0.6 is 0 Å². The van der Waals surface area contributed by atoms with Gasteiger partial charge >= 0.3 is 8.56 Å². The highest BCUT2D eigenvalue weighted by Gasteiger charge is 2.32. The number of epoxide rings is 1. The molecule has 1 aliphatic heterocycles. The molecule has 21 heavy (non-hydrogen) atoms. The van der Waals surface area contributed by atoms with E-state index in [1.54, 1.807) is 0 Å². The van der Waals surface area contributed by atoms with Crippen LogP contribution in [0.25, 0.3) is 0 Å². The van der Waals surface area contributed by atoms with Crippen molar-refractivity contribution in [3.8, 4) is 0 Å². The average Bonchev–Trinajstić information content (AvgIpc) is 3.28. The Balaban J connectivity index is 2.26. The van der Waals surface area contributed by atoms with E-state index in [0.29, 0.717) is 6.10 Å². The summed E-state index contributed by atoms with van der Waals surface area (Å²) in [6.07, 6.45) is 6.17. The van der Waals surface area contributed by atoms with Crippen LogP contribution < -0.4 is 0 Å². The van der Waals surface area contributed by atoms with Gasteiger partial charge in [-0.15, -0.1) is 0 Å². The Kier molecular flexibility index (Phi) is 9.76. The van der Waals surface area contributed by atoms with Crippen LogP contribution in [0.1, 0.15) is 52.9 Å². The van der Waals surface area contributed by atoms with E-state index in [1.807, 2.05) is 0 Å². The third-order valence-electron chi connectivity index (χ3n) is 3.78. The first-order chi connectivity index (χ1) is 10.1. The average molecular weight is 319 g/mol. The molecule has 0 aliphatic carbocycles. The van der Waals surface area contributed by atoms with Crippen molar-refractivity contribution in [1.82, 2.24) is 0 Å². The molecule has 1 aliphatic rings. The molecule has 0 radical (unpaired) electrons. The van der Waals surface area contributed by atoms with Gasteiger partial charge in [-0.25, -0.2) is 0 Å². The van der Waals surface area contributed by atoms with Gasteiger partial charge in [0.25, 0.3) is 0 Å². The second-order valence-electron chi connectivity index (χ2n) is 6.18. The van der Waals surface area contributed by atoms with E-state index in [0.717, 1.165) is 51.7 Å². The number of hydrogen-bond donors (Lipinski definition) is 0. The van der Waals surface area contributed by atoms with Crippen LogP contribution in [0.4, 0.5) is 0 Å². The van der Waals surface area contributed by atoms with Gasteiger partial charge in [-0.05, 0) is 38.8 Å². The first-order valence-corrected chi connectivity index (χ1v) is 11.1. The molecule has 2 atom stereocenters. The van der Waals surface area contributed by atoms with Crippen molar-refractivity contribution >= 4 is 8.56 Å². The zero-order valence-electron chi connectivity index (χ0n) is 14.4. The molecule has 0 bridgehead atoms. The largest absolute Gasteiger partial charge is 0.394 e. The van der Waals surface area contributed by atoms with E-state index >= 15 is 0 Å². The molecule has 0 saturated carbocycles. The summed E-state index contributed by atoms with van der Waals surface area (Å²) in [5.41, 5.74) is 0. The maximum atomic E-state index is 6.14. The van der Waals surface area contributed by atoms with Crippen molar-refractivity contribution in [1.29, 1.82) is 0 Å². The molecule has 1 saturated heterocycles. The van der Waals surface area contributed by atoms with Crippen LogP contribution in [0, 0.1) is 0 Å². The molecule has 4 nitrogen and oxygen atoms in total. The third kappa shape index (κ3) is 9.63. The molecule has 1 heterocycles. The van der Waals surface area contributed by atoms with Crippen LogP contribution in [0.3, 0.4) is 0 Å². The van der Waals surface area contributed by atoms with Gasteiger partial charge in [0, 0.05) is 13.2 Å². The minimum atomic E-state index is -2.04. The van der Waals surface area contributed by atoms with E-state index in [-0.39, 0.29) is 6.10 Å². The smallest absolute Gasteiger partial charge is 0.335 e. The molecule has 0 aromatic carbocycles. The van der Waals surface area contributed by atoms with E-state index in [1.165, 1.54) is 12.8 Å². The molecule has 5 heteroatoms. The molecule has 0 amide bonds. The molecule has 126 valence electrons. The summed E-state index contributed by atoms with van der Waals surface area (Å²) >= 11 is 0. The Labute approximate surface area is 131 Å². The fraction of sp³-hybridized carbons (Fsp3) is 1.00. The second kappa shape index (κ2) is 10.7. The SMILES string of the molecule is CCCCO[Si](C)(CCC(C)OCC1CO1)OCCCC. The molecule has 1 fully saturated rings. The van der Waals surface area contributed by atoms with E-state index in [2.05, 4.69) is 27.3 Å². The first-order valence-electron chi connectivity index (χ1n) is 8.60. The minimum Gasteiger partial charge on any atom is -0.394 e. The summed E-state index contributed by atoms with van der Waals surface area (Å²) in [5.74, 6) is 0. The van der Waals surface area contributed by atoms with Crippen LogP contribution in [-0.2, 0) is 18.3 Å². The number of ether oxygens (including phenoxy) is 2. The zero-order valence-corrected chi connectivity index (χ0v) is 15.4. The predicted octanol–water partition coefficient (Wildman–Crippen LogP) is 3.89. The highest BCUT2D eigenvalue weighted by atomic mass is 28.4. The summed E-state index contributed by atoms with van der Waals surface area (Å²) < 4.78 is 23.3. The minimum absolute atomic E-state index is 0.255. The molecule has 0 N–H and O–H groups in total. The van der Waals surface area contributed by atoms with Crippen LogP contribution in [0.5, 0.6) is 0 Å². The van der Waals surface area contributed by atoms with Gasteiger partial charge in [-0.3, -0.25) is 0 Å². The van der Waals surface area contributed by atoms with Crippen molar-refractivity contribution < 1.29 is 18.3 Å². The topological polar surface area (TPSA) is 40.2 Å². The van der Waals surface area contributed by atoms with Crippen LogP contribution in [0.2, 0.25) is 12.6 Å². The predicted molar refractivity (Wildman–Crippen MR) is 87.9 cm³/mol. The van der Waals surface area contributed by atoms with Gasteiger partial charge in [0.15, 0.2) is 0 Å². The quantitative estimate of drug-likeness (QED) is 0.277. The Morgan fingerprint density at radius 1 is 1.14 bits per heavy atom. The summed E-state index contributed by atoms with van der Waals surface area (Å²) in [6.45, 7) is 12.0. The molecular weight excluding hydrogens is 284 g/mol. The zero-order chi connectivity index (χ0) is 15.6. The molecular formula is C16H34O4Si. The molecule has 0 aromatic heterocycles. The van der Waals surface area contributed by atoms with Gasteiger partial charge in [0.05, 0.1) is 19.3 Å². The highest BCUT2D eigenvalue weighted by Crippen LogP contribution is 2.20. The molecule has 1 rings (SSSR count). The second-order valence-corrected chi connectivity index (χ2v) is 9.52. The molecule has 0 spiro atoms. The fourth-order valence-corrected chi connectivity index (χ4v) is 4.49. The van der Waals surface area contributed by atoms with Crippen molar-refractivity contribution in [2.75, 3.05) is 26.4 Å². The summed E-state index contributed by atoms with van der Waals surface area (Å²) in [4.78, 5) is 0. The Bertz CT molecular complexity index is 249. The normalized spacial score (nSPS) is 19.7.